The van der Waals surface area contributed by atoms with Crippen molar-refractivity contribution >= 4 is 28.9 Å². The van der Waals surface area contributed by atoms with Gasteiger partial charge in [-0.05, 0) is 42.0 Å². The minimum atomic E-state index is -4.74. The lowest BCUT2D eigenvalue weighted by molar-refractivity contribution is -0.385. The number of ether oxygens (including phenoxy) is 1. The fourth-order valence-electron chi connectivity index (χ4n) is 2.72. The van der Waals surface area contributed by atoms with Crippen LogP contribution in [0.25, 0.3) is 11.6 Å². The molecule has 5 nitrogen and oxygen atoms in total. The molecular formula is C22H12ClF3N2O3. The monoisotopic (exact) mass is 444 g/mol. The first-order chi connectivity index (χ1) is 14.7. The molecule has 156 valence electrons. The van der Waals surface area contributed by atoms with Gasteiger partial charge < -0.3 is 4.74 Å². The second-order valence-electron chi connectivity index (χ2n) is 6.26. The van der Waals surface area contributed by atoms with Crippen molar-refractivity contribution in [3.63, 3.8) is 0 Å². The van der Waals surface area contributed by atoms with E-state index in [1.54, 1.807) is 30.3 Å². The quantitative estimate of drug-likeness (QED) is 0.181. The molecular weight excluding hydrogens is 433 g/mol. The molecule has 0 heterocycles. The lowest BCUT2D eigenvalue weighted by Crippen LogP contribution is -2.06. The second kappa shape index (κ2) is 8.90. The molecule has 0 amide bonds. The molecule has 0 saturated heterocycles. The van der Waals surface area contributed by atoms with Crippen LogP contribution in [0.15, 0.2) is 66.7 Å². The van der Waals surface area contributed by atoms with Crippen LogP contribution in [0.4, 0.5) is 18.9 Å². The maximum Gasteiger partial charge on any atom is 0.416 e. The number of nitriles is 1. The Morgan fingerprint density at radius 2 is 1.74 bits per heavy atom. The predicted molar refractivity (Wildman–Crippen MR) is 110 cm³/mol. The highest BCUT2D eigenvalue weighted by molar-refractivity contribution is 6.30. The molecule has 0 spiro atoms. The van der Waals surface area contributed by atoms with E-state index in [4.69, 9.17) is 16.3 Å². The van der Waals surface area contributed by atoms with E-state index in [1.807, 2.05) is 0 Å². The second-order valence-corrected chi connectivity index (χ2v) is 6.69. The van der Waals surface area contributed by atoms with Crippen LogP contribution in [0.2, 0.25) is 5.02 Å². The van der Waals surface area contributed by atoms with Gasteiger partial charge in [0.2, 0.25) is 5.75 Å². The standard InChI is InChI=1S/C22H12ClF3N2O3/c23-18-7-9-20(15(11-18)10-16(13-27)14-4-2-1-3-5-14)31-21-8-6-17(22(24,25)26)12-19(21)28(29)30/h1-12H/b16-10+. The van der Waals surface area contributed by atoms with E-state index in [0.717, 1.165) is 6.07 Å². The summed E-state index contributed by atoms with van der Waals surface area (Å²) in [5, 5.41) is 21.2. The van der Waals surface area contributed by atoms with E-state index >= 15 is 0 Å². The van der Waals surface area contributed by atoms with Crippen molar-refractivity contribution in [2.24, 2.45) is 0 Å². The Labute approximate surface area is 179 Å². The average Bonchev–Trinajstić information content (AvgIpc) is 2.73. The summed E-state index contributed by atoms with van der Waals surface area (Å²) in [4.78, 5) is 10.4. The van der Waals surface area contributed by atoms with E-state index in [2.05, 4.69) is 6.07 Å². The van der Waals surface area contributed by atoms with Gasteiger partial charge in [-0.1, -0.05) is 41.9 Å². The number of halogens is 4. The maximum absolute atomic E-state index is 12.9. The highest BCUT2D eigenvalue weighted by atomic mass is 35.5. The first-order valence-corrected chi connectivity index (χ1v) is 9.07. The zero-order valence-electron chi connectivity index (χ0n) is 15.6. The van der Waals surface area contributed by atoms with Crippen LogP contribution in [-0.2, 0) is 6.18 Å². The summed E-state index contributed by atoms with van der Waals surface area (Å²) in [6.45, 7) is 0. The summed E-state index contributed by atoms with van der Waals surface area (Å²) < 4.78 is 44.4. The molecule has 0 atom stereocenters. The Hall–Kier alpha value is -3.83. The minimum Gasteiger partial charge on any atom is -0.449 e. The van der Waals surface area contributed by atoms with Gasteiger partial charge in [0, 0.05) is 16.7 Å². The number of allylic oxidation sites excluding steroid dienone is 1. The number of nitrogens with zero attached hydrogens (tertiary/aromatic N) is 2. The normalized spacial score (nSPS) is 11.6. The van der Waals surface area contributed by atoms with E-state index in [1.165, 1.54) is 24.3 Å². The Bertz CT molecular complexity index is 1200. The van der Waals surface area contributed by atoms with Crippen LogP contribution in [0.3, 0.4) is 0 Å². The van der Waals surface area contributed by atoms with Crippen molar-refractivity contribution in [3.8, 4) is 17.6 Å². The summed E-state index contributed by atoms with van der Waals surface area (Å²) in [6, 6.07) is 17.1. The number of nitro groups is 1. The number of rotatable bonds is 5. The maximum atomic E-state index is 12.9. The summed E-state index contributed by atoms with van der Waals surface area (Å²) in [5.41, 5.74) is -0.796. The number of alkyl halides is 3. The zero-order valence-corrected chi connectivity index (χ0v) is 16.3. The van der Waals surface area contributed by atoms with Crippen molar-refractivity contribution < 1.29 is 22.8 Å². The molecule has 0 aliphatic carbocycles. The third-order valence-corrected chi connectivity index (χ3v) is 4.41. The number of hydrogen-bond acceptors (Lipinski definition) is 4. The van der Waals surface area contributed by atoms with Crippen molar-refractivity contribution in [1.29, 1.82) is 5.26 Å². The van der Waals surface area contributed by atoms with Gasteiger partial charge >= 0.3 is 11.9 Å². The van der Waals surface area contributed by atoms with Gasteiger partial charge in [0.25, 0.3) is 0 Å². The molecule has 0 aliphatic rings. The SMILES string of the molecule is N#C/C(=C\c1cc(Cl)ccc1Oc1ccc(C(F)(F)F)cc1[N+](=O)[O-])c1ccccc1. The van der Waals surface area contributed by atoms with Gasteiger partial charge in [0.1, 0.15) is 5.75 Å². The van der Waals surface area contributed by atoms with Crippen LogP contribution in [-0.4, -0.2) is 4.92 Å². The third kappa shape index (κ3) is 5.21. The van der Waals surface area contributed by atoms with E-state index in [0.29, 0.717) is 28.3 Å². The van der Waals surface area contributed by atoms with Gasteiger partial charge in [-0.25, -0.2) is 0 Å². The first kappa shape index (κ1) is 21.9. The summed E-state index contributed by atoms with van der Waals surface area (Å²) in [6.07, 6.45) is -3.26. The molecule has 31 heavy (non-hydrogen) atoms. The van der Waals surface area contributed by atoms with E-state index < -0.39 is 22.4 Å². The molecule has 9 heteroatoms. The predicted octanol–water partition coefficient (Wildman–Crippen LogP) is 7.12. The molecule has 0 unspecified atom stereocenters. The van der Waals surface area contributed by atoms with Gasteiger partial charge in [0.15, 0.2) is 0 Å². The number of hydrogen-bond donors (Lipinski definition) is 0. The van der Waals surface area contributed by atoms with Gasteiger partial charge in [0.05, 0.1) is 22.1 Å². The molecule has 0 radical (unpaired) electrons. The topological polar surface area (TPSA) is 76.2 Å². The molecule has 0 bridgehead atoms. The first-order valence-electron chi connectivity index (χ1n) is 8.69. The molecule has 0 saturated carbocycles. The number of nitro benzene ring substituents is 1. The number of benzene rings is 3. The summed E-state index contributed by atoms with van der Waals surface area (Å²) in [5.74, 6) is -0.302. The Morgan fingerprint density at radius 1 is 1.06 bits per heavy atom. The fraction of sp³-hybridized carbons (Fsp3) is 0.0455. The smallest absolute Gasteiger partial charge is 0.416 e. The van der Waals surface area contributed by atoms with Crippen LogP contribution in [0.1, 0.15) is 16.7 Å². The van der Waals surface area contributed by atoms with Crippen LogP contribution >= 0.6 is 11.6 Å². The Morgan fingerprint density at radius 3 is 2.35 bits per heavy atom. The molecule has 3 rings (SSSR count). The zero-order chi connectivity index (χ0) is 22.6. The van der Waals surface area contributed by atoms with Crippen LogP contribution in [0, 0.1) is 21.4 Å². The largest absolute Gasteiger partial charge is 0.449 e. The lowest BCUT2D eigenvalue weighted by atomic mass is 10.0. The van der Waals surface area contributed by atoms with Crippen LogP contribution in [0.5, 0.6) is 11.5 Å². The van der Waals surface area contributed by atoms with E-state index in [9.17, 15) is 28.5 Å². The molecule has 0 aliphatic heterocycles. The highest BCUT2D eigenvalue weighted by Crippen LogP contribution is 2.39. The fourth-order valence-corrected chi connectivity index (χ4v) is 2.90. The van der Waals surface area contributed by atoms with Crippen molar-refractivity contribution in [2.75, 3.05) is 0 Å². The molecule has 3 aromatic carbocycles. The molecule has 3 aromatic rings. The van der Waals surface area contributed by atoms with Gasteiger partial charge in [-0.2, -0.15) is 18.4 Å². The molecule has 0 fully saturated rings. The minimum absolute atomic E-state index is 0.0796. The van der Waals surface area contributed by atoms with Crippen molar-refractivity contribution in [3.05, 3.63) is 98.6 Å². The van der Waals surface area contributed by atoms with Crippen LogP contribution < -0.4 is 4.74 Å². The molecule has 0 N–H and O–H groups in total. The van der Waals surface area contributed by atoms with Crippen molar-refractivity contribution in [2.45, 2.75) is 6.18 Å². The van der Waals surface area contributed by atoms with Crippen molar-refractivity contribution in [1.82, 2.24) is 0 Å². The van der Waals surface area contributed by atoms with E-state index in [-0.39, 0.29) is 17.1 Å². The summed E-state index contributed by atoms with van der Waals surface area (Å²) >= 11 is 6.04. The lowest BCUT2D eigenvalue weighted by Gasteiger charge is -2.12. The summed E-state index contributed by atoms with van der Waals surface area (Å²) in [7, 11) is 0. The molecule has 0 aromatic heterocycles. The Kier molecular flexibility index (Phi) is 6.28. The third-order valence-electron chi connectivity index (χ3n) is 4.18. The average molecular weight is 445 g/mol. The van der Waals surface area contributed by atoms with Gasteiger partial charge in [-0.3, -0.25) is 10.1 Å². The Balaban J connectivity index is 2.07. The highest BCUT2D eigenvalue weighted by Gasteiger charge is 2.33. The van der Waals surface area contributed by atoms with Gasteiger partial charge in [-0.15, -0.1) is 0 Å².